The van der Waals surface area contributed by atoms with Crippen LogP contribution in [0.15, 0.2) is 70.1 Å². The van der Waals surface area contributed by atoms with E-state index >= 15 is 0 Å². The molecule has 0 radical (unpaired) electrons. The molecular formula is C25H27FN6O2. The molecule has 0 saturated carbocycles. The number of alkyl halides is 1. The van der Waals surface area contributed by atoms with Crippen molar-refractivity contribution in [1.29, 1.82) is 0 Å². The Kier molecular flexibility index (Phi) is 6.72. The molecule has 0 saturated heterocycles. The number of fused-ring (bicyclic) bond motifs is 1. The van der Waals surface area contributed by atoms with E-state index in [0.29, 0.717) is 36.4 Å². The van der Waals surface area contributed by atoms with E-state index in [9.17, 15) is 14.0 Å². The van der Waals surface area contributed by atoms with Crippen LogP contribution in [0.4, 0.5) is 10.2 Å². The van der Waals surface area contributed by atoms with Gasteiger partial charge in [-0.3, -0.25) is 14.4 Å². The number of halogens is 1. The van der Waals surface area contributed by atoms with Gasteiger partial charge in [0.15, 0.2) is 0 Å². The highest BCUT2D eigenvalue weighted by atomic mass is 19.1. The number of hydrogen-bond acceptors (Lipinski definition) is 5. The van der Waals surface area contributed by atoms with Crippen LogP contribution in [0.2, 0.25) is 0 Å². The molecule has 0 bridgehead atoms. The lowest BCUT2D eigenvalue weighted by molar-refractivity contribution is 0.0751. The van der Waals surface area contributed by atoms with Crippen LogP contribution in [0.1, 0.15) is 23.8 Å². The summed E-state index contributed by atoms with van der Waals surface area (Å²) in [6.07, 6.45) is 14.5. The van der Waals surface area contributed by atoms with E-state index in [1.165, 1.54) is 16.4 Å². The highest BCUT2D eigenvalue weighted by Gasteiger charge is 2.20. The first-order valence-electron chi connectivity index (χ1n) is 11.1. The summed E-state index contributed by atoms with van der Waals surface area (Å²) in [7, 11) is 1.60. The van der Waals surface area contributed by atoms with Crippen LogP contribution in [0.3, 0.4) is 0 Å². The highest BCUT2D eigenvalue weighted by Crippen LogP contribution is 2.16. The predicted octanol–water partition coefficient (Wildman–Crippen LogP) is 1.45. The summed E-state index contributed by atoms with van der Waals surface area (Å²) in [4.78, 5) is 35.2. The minimum Gasteiger partial charge on any atom is -0.383 e. The van der Waals surface area contributed by atoms with E-state index in [-0.39, 0.29) is 18.3 Å². The smallest absolute Gasteiger partial charge is 0.354 e. The fraction of sp³-hybridized carbons (Fsp3) is 0.280. The topological polar surface area (TPSA) is 98.5 Å². The van der Waals surface area contributed by atoms with Crippen molar-refractivity contribution in [3.8, 4) is 0 Å². The third-order valence-electron chi connectivity index (χ3n) is 5.57. The Morgan fingerprint density at radius 3 is 2.91 bits per heavy atom. The first-order chi connectivity index (χ1) is 16.3. The van der Waals surface area contributed by atoms with Crippen molar-refractivity contribution in [3.05, 3.63) is 87.2 Å². The molecule has 9 heteroatoms. The third kappa shape index (κ3) is 4.98. The van der Waals surface area contributed by atoms with E-state index in [2.05, 4.69) is 9.98 Å². The van der Waals surface area contributed by atoms with Crippen molar-refractivity contribution in [1.82, 2.24) is 19.0 Å². The maximum Gasteiger partial charge on any atom is 0.354 e. The van der Waals surface area contributed by atoms with Crippen LogP contribution in [0, 0.1) is 0 Å². The fourth-order valence-electron chi connectivity index (χ4n) is 3.97. The van der Waals surface area contributed by atoms with Crippen molar-refractivity contribution in [2.45, 2.75) is 26.1 Å². The lowest BCUT2D eigenvalue weighted by atomic mass is 10.2. The Hall–Kier alpha value is -4.01. The molecule has 1 unspecified atom stereocenters. The summed E-state index contributed by atoms with van der Waals surface area (Å²) >= 11 is 0. The summed E-state index contributed by atoms with van der Waals surface area (Å²) < 4.78 is 16.9. The quantitative estimate of drug-likeness (QED) is 0.703. The average Bonchev–Trinajstić information content (AvgIpc) is 2.96. The minimum atomic E-state index is -1.13. The van der Waals surface area contributed by atoms with E-state index in [1.807, 2.05) is 47.1 Å². The van der Waals surface area contributed by atoms with E-state index in [4.69, 9.17) is 5.73 Å². The van der Waals surface area contributed by atoms with Crippen molar-refractivity contribution < 1.29 is 9.18 Å². The third-order valence-corrected chi connectivity index (χ3v) is 5.57. The molecular weight excluding hydrogens is 435 g/mol. The summed E-state index contributed by atoms with van der Waals surface area (Å²) in [6.45, 7) is 2.35. The molecule has 0 fully saturated rings. The largest absolute Gasteiger partial charge is 0.383 e. The van der Waals surface area contributed by atoms with E-state index in [0.717, 1.165) is 10.8 Å². The number of nitrogen functional groups attached to an aromatic ring is 1. The number of hydrogen-bond donors (Lipinski definition) is 1. The van der Waals surface area contributed by atoms with Gasteiger partial charge in [0.25, 0.3) is 5.91 Å². The molecule has 0 aromatic carbocycles. The summed E-state index contributed by atoms with van der Waals surface area (Å²) in [5.41, 5.74) is 7.94. The molecule has 2 aromatic heterocycles. The molecule has 3 heterocycles. The van der Waals surface area contributed by atoms with Crippen molar-refractivity contribution in [3.63, 3.8) is 0 Å². The Morgan fingerprint density at radius 2 is 2.15 bits per heavy atom. The Morgan fingerprint density at radius 1 is 1.32 bits per heavy atom. The zero-order chi connectivity index (χ0) is 24.2. The van der Waals surface area contributed by atoms with Crippen LogP contribution < -0.4 is 22.1 Å². The van der Waals surface area contributed by atoms with Gasteiger partial charge in [-0.25, -0.2) is 9.18 Å². The Labute approximate surface area is 196 Å². The summed E-state index contributed by atoms with van der Waals surface area (Å²) in [5.74, 6) is -0.0902. The lowest BCUT2D eigenvalue weighted by Crippen LogP contribution is -2.35. The molecule has 2 aliphatic rings. The van der Waals surface area contributed by atoms with Crippen LogP contribution >= 0.6 is 0 Å². The fourth-order valence-corrected chi connectivity index (χ4v) is 3.97. The number of carbonyl (C=O) groups excluding carboxylic acids is 1. The molecule has 176 valence electrons. The first-order valence-corrected chi connectivity index (χ1v) is 11.1. The number of amides is 1. The maximum atomic E-state index is 13.6. The van der Waals surface area contributed by atoms with Crippen LogP contribution in [0.25, 0.3) is 11.8 Å². The molecule has 2 aromatic rings. The molecule has 0 spiro atoms. The Bertz CT molecular complexity index is 1410. The van der Waals surface area contributed by atoms with Gasteiger partial charge in [0.05, 0.1) is 13.1 Å². The summed E-state index contributed by atoms with van der Waals surface area (Å²) in [6, 6.07) is 3.38. The molecule has 2 N–H and O–H groups in total. The normalized spacial score (nSPS) is 15.7. The standard InChI is InChI=1S/C25H27FN6O2/c1-17(26)15-30(2)24(33)21-14-19-7-3-4-12-28-23(19)32(21)16-18-6-5-8-20(10-9-18)31-13-11-22(27)29-25(31)34/h3-4,6-11,13-14,17H,5,12,15-16H2,1-2H3,(H2,27,29,34). The van der Waals surface area contributed by atoms with Gasteiger partial charge in [-0.15, -0.1) is 0 Å². The summed E-state index contributed by atoms with van der Waals surface area (Å²) in [5, 5.41) is 0.843. The molecule has 4 rings (SSSR count). The van der Waals surface area contributed by atoms with Gasteiger partial charge in [0, 0.05) is 30.7 Å². The highest BCUT2D eigenvalue weighted by molar-refractivity contribution is 5.92. The number of carbonyl (C=O) groups is 1. The average molecular weight is 463 g/mol. The van der Waals surface area contributed by atoms with Crippen LogP contribution in [-0.4, -0.2) is 51.2 Å². The molecule has 1 atom stereocenters. The molecule has 34 heavy (non-hydrogen) atoms. The van der Waals surface area contributed by atoms with Crippen LogP contribution in [0.5, 0.6) is 0 Å². The zero-order valence-electron chi connectivity index (χ0n) is 19.2. The van der Waals surface area contributed by atoms with E-state index < -0.39 is 11.9 Å². The lowest BCUT2D eigenvalue weighted by Gasteiger charge is -2.19. The maximum absolute atomic E-state index is 13.6. The minimum absolute atomic E-state index is 0.00962. The molecule has 1 aliphatic carbocycles. The van der Waals surface area contributed by atoms with Gasteiger partial charge in [0.1, 0.15) is 23.2 Å². The SMILES string of the molecule is CC(F)CN(C)C(=O)c1cc2c(n1CC1=CCC=C(n3ccc(N)nc3=O)C=C1)=NCC=CC=2. The zero-order valence-corrected chi connectivity index (χ0v) is 19.2. The second-order valence-corrected chi connectivity index (χ2v) is 8.28. The second kappa shape index (κ2) is 9.86. The second-order valence-electron chi connectivity index (χ2n) is 8.28. The first kappa shape index (κ1) is 23.2. The number of anilines is 1. The van der Waals surface area contributed by atoms with Gasteiger partial charge in [-0.05, 0) is 37.1 Å². The number of nitrogens with zero attached hydrogens (tertiary/aromatic N) is 5. The number of rotatable bonds is 6. The molecule has 8 nitrogen and oxygen atoms in total. The predicted molar refractivity (Wildman–Crippen MR) is 130 cm³/mol. The van der Waals surface area contributed by atoms with E-state index in [1.54, 1.807) is 25.4 Å². The number of nitrogens with two attached hydrogens (primary N) is 1. The van der Waals surface area contributed by atoms with Gasteiger partial charge < -0.3 is 15.2 Å². The van der Waals surface area contributed by atoms with Crippen LogP contribution in [-0.2, 0) is 6.54 Å². The monoisotopic (exact) mass is 462 g/mol. The van der Waals surface area contributed by atoms with Gasteiger partial charge >= 0.3 is 5.69 Å². The van der Waals surface area contributed by atoms with Crippen molar-refractivity contribution >= 4 is 23.5 Å². The molecule has 1 aliphatic heterocycles. The number of aromatic nitrogens is 3. The molecule has 1 amide bonds. The van der Waals surface area contributed by atoms with Gasteiger partial charge in [-0.2, -0.15) is 4.98 Å². The Balaban J connectivity index is 1.67. The van der Waals surface area contributed by atoms with Gasteiger partial charge in [-0.1, -0.05) is 36.5 Å². The number of allylic oxidation sites excluding steroid dienone is 7. The van der Waals surface area contributed by atoms with Crippen molar-refractivity contribution in [2.75, 3.05) is 25.9 Å². The van der Waals surface area contributed by atoms with Gasteiger partial charge in [0.2, 0.25) is 0 Å². The van der Waals surface area contributed by atoms with Crippen molar-refractivity contribution in [2.24, 2.45) is 4.99 Å².